The van der Waals surface area contributed by atoms with E-state index in [1.54, 1.807) is 58.9 Å². The van der Waals surface area contributed by atoms with E-state index in [-0.39, 0.29) is 25.2 Å². The summed E-state index contributed by atoms with van der Waals surface area (Å²) in [6, 6.07) is -0.633. The normalized spacial score (nSPS) is 14.2. The van der Waals surface area contributed by atoms with Crippen LogP contribution in [0.2, 0.25) is 0 Å². The average molecular weight is 865 g/mol. The predicted molar refractivity (Wildman–Crippen MR) is 218 cm³/mol. The van der Waals surface area contributed by atoms with Crippen molar-refractivity contribution in [1.82, 2.24) is 31.9 Å². The molecule has 0 spiro atoms. The molecule has 0 saturated carbocycles. The zero-order chi connectivity index (χ0) is 46.6. The monoisotopic (exact) mass is 864 g/mol. The minimum absolute atomic E-state index is 0.122. The van der Waals surface area contributed by atoms with Crippen molar-refractivity contribution in [3.8, 4) is 0 Å². The third kappa shape index (κ3) is 21.0. The van der Waals surface area contributed by atoms with Crippen molar-refractivity contribution < 1.29 is 73.2 Å². The lowest BCUT2D eigenvalue weighted by Crippen LogP contribution is -2.62. The highest BCUT2D eigenvalue weighted by Crippen LogP contribution is 2.21. The molecular weight excluding hydrogens is 803 g/mol. The molecule has 21 nitrogen and oxygen atoms in total. The maximum absolute atomic E-state index is 14.3. The highest BCUT2D eigenvalue weighted by atomic mass is 16.6. The Hall–Kier alpha value is -5.61. The number of hydrogen-bond donors (Lipinski definition) is 11. The second-order valence-corrected chi connectivity index (χ2v) is 16.0. The molecule has 340 valence electrons. The van der Waals surface area contributed by atoms with Gasteiger partial charge >= 0.3 is 25.2 Å². The van der Waals surface area contributed by atoms with Gasteiger partial charge in [0.25, 0.3) is 0 Å². The van der Waals surface area contributed by atoms with Crippen molar-refractivity contribution in [3.63, 3.8) is 0 Å². The molecule has 0 aliphatic rings. The van der Waals surface area contributed by atoms with Crippen LogP contribution in [0.15, 0.2) is 24.3 Å². The largest absolute Gasteiger partial charge is 0.635 e. The first kappa shape index (κ1) is 53.4. The number of amides is 6. The van der Waals surface area contributed by atoms with Crippen LogP contribution in [0.4, 0.5) is 0 Å². The van der Waals surface area contributed by atoms with E-state index in [2.05, 4.69) is 31.9 Å². The summed E-state index contributed by atoms with van der Waals surface area (Å²) in [6.07, 6.45) is -3.84. The summed E-state index contributed by atoms with van der Waals surface area (Å²) < 4.78 is 4.98. The van der Waals surface area contributed by atoms with Crippen LogP contribution in [0.3, 0.4) is 0 Å². The molecule has 6 amide bonds. The lowest BCUT2D eigenvalue weighted by Gasteiger charge is -2.34. The van der Waals surface area contributed by atoms with Gasteiger partial charge in [-0.25, -0.2) is 0 Å². The van der Waals surface area contributed by atoms with E-state index in [0.29, 0.717) is 17.5 Å². The summed E-state index contributed by atoms with van der Waals surface area (Å²) in [7, 11) is -2.18. The fourth-order valence-electron chi connectivity index (χ4n) is 5.94. The lowest BCUT2D eigenvalue weighted by molar-refractivity contribution is -0.142. The summed E-state index contributed by atoms with van der Waals surface area (Å²) in [5, 5.41) is 61.2. The van der Waals surface area contributed by atoms with Gasteiger partial charge in [0, 0.05) is 19.3 Å². The lowest BCUT2D eigenvalue weighted by atomic mass is 9.85. The second kappa shape index (κ2) is 25.9. The van der Waals surface area contributed by atoms with Crippen LogP contribution < -0.4 is 31.9 Å². The molecule has 61 heavy (non-hydrogen) atoms. The van der Waals surface area contributed by atoms with Gasteiger partial charge in [0.1, 0.15) is 36.4 Å². The van der Waals surface area contributed by atoms with Crippen LogP contribution in [0.5, 0.6) is 0 Å². The van der Waals surface area contributed by atoms with E-state index in [1.165, 1.54) is 0 Å². The zero-order valence-electron chi connectivity index (χ0n) is 35.6. The number of carboxylic acids is 3. The number of nitrogens with one attached hydrogen (secondary N) is 6. The molecule has 1 aromatic rings. The number of aryl methyl sites for hydroxylation is 1. The van der Waals surface area contributed by atoms with Gasteiger partial charge in [0.2, 0.25) is 35.4 Å². The minimum Gasteiger partial charge on any atom is -0.481 e. The van der Waals surface area contributed by atoms with Crippen molar-refractivity contribution in [1.29, 1.82) is 0 Å². The third-order valence-electron chi connectivity index (χ3n) is 9.09. The van der Waals surface area contributed by atoms with Crippen LogP contribution in [0.1, 0.15) is 104 Å². The molecule has 0 bridgehead atoms. The summed E-state index contributed by atoms with van der Waals surface area (Å²) in [5.41, 5.74) is 0.283. The molecule has 0 fully saturated rings. The first-order chi connectivity index (χ1) is 28.3. The third-order valence-corrected chi connectivity index (χ3v) is 9.09. The van der Waals surface area contributed by atoms with Crippen molar-refractivity contribution >= 4 is 60.7 Å². The summed E-state index contributed by atoms with van der Waals surface area (Å²) in [6.45, 7) is 12.1. The SMILES string of the molecule is CCCC(NC(=O)[C@H](CC(C)C)NC(=O)[C@@H](NC(=O)[C@H](Cc1ccccc1C)NC(=O)[C@H](CCC(=O)O)NC(=O)[C@H](CC(=O)O)NC(=O)CCC(=O)O)C(C)(C)C)OB(O)O. The fourth-order valence-corrected chi connectivity index (χ4v) is 5.94. The van der Waals surface area contributed by atoms with Crippen LogP contribution in [0.25, 0.3) is 0 Å². The van der Waals surface area contributed by atoms with Crippen LogP contribution >= 0.6 is 0 Å². The number of carbonyl (C=O) groups is 9. The number of aliphatic carboxylic acids is 3. The first-order valence-corrected chi connectivity index (χ1v) is 19.9. The van der Waals surface area contributed by atoms with Crippen LogP contribution in [-0.2, 0) is 54.2 Å². The molecular formula is C39H61BN6O15. The standard InChI is InChI=1S/C39H61BN6O15/c1-8-11-29(61-40(59)60)45-36(56)25(18-21(2)3)44-38(58)33(39(5,6)7)46-37(57)26(19-23-13-10-9-12-22(23)4)43-34(54)24(14-16-30(48)49)42-35(55)27(20-32(52)53)41-28(47)15-17-31(50)51/h9-10,12-13,21,24-27,29,33,59-60H,8,11,14-20H2,1-7H3,(H,41,47)(H,42,55)(H,43,54)(H,44,58)(H,45,56)(H,46,57)(H,48,49)(H,50,51)(H,52,53)/t24-,25-,26-,27-,29?,33+/m0/s1. The van der Waals surface area contributed by atoms with E-state index >= 15 is 0 Å². The molecule has 0 aliphatic heterocycles. The Morgan fingerprint density at radius 3 is 1.72 bits per heavy atom. The summed E-state index contributed by atoms with van der Waals surface area (Å²) in [5.74, 6) is -9.97. The van der Waals surface area contributed by atoms with Gasteiger partial charge in [-0.05, 0) is 48.6 Å². The van der Waals surface area contributed by atoms with Gasteiger partial charge in [-0.3, -0.25) is 43.2 Å². The Kier molecular flexibility index (Phi) is 22.7. The van der Waals surface area contributed by atoms with Crippen molar-refractivity contribution in [2.75, 3.05) is 0 Å². The quantitative estimate of drug-likeness (QED) is 0.0392. The van der Waals surface area contributed by atoms with E-state index in [4.69, 9.17) is 9.76 Å². The van der Waals surface area contributed by atoms with Gasteiger partial charge < -0.3 is 61.9 Å². The number of carbonyl (C=O) groups excluding carboxylic acids is 6. The molecule has 0 radical (unpaired) electrons. The highest BCUT2D eigenvalue weighted by molar-refractivity contribution is 6.32. The molecule has 6 atom stereocenters. The minimum atomic E-state index is -2.18. The zero-order valence-corrected chi connectivity index (χ0v) is 35.6. The predicted octanol–water partition coefficient (Wildman–Crippen LogP) is -0.513. The number of benzene rings is 1. The molecule has 1 aromatic carbocycles. The molecule has 0 aliphatic carbocycles. The smallest absolute Gasteiger partial charge is 0.481 e. The molecule has 0 saturated heterocycles. The Labute approximate surface area is 354 Å². The Bertz CT molecular complexity index is 1700. The summed E-state index contributed by atoms with van der Waals surface area (Å²) in [4.78, 5) is 115. The Balaban J connectivity index is 3.55. The fraction of sp³-hybridized carbons (Fsp3) is 0.615. The molecule has 0 aromatic heterocycles. The number of carboxylic acid groups (broad SMARTS) is 3. The van der Waals surface area contributed by atoms with Gasteiger partial charge in [0.05, 0.1) is 12.8 Å². The van der Waals surface area contributed by atoms with E-state index < -0.39 is 135 Å². The number of rotatable bonds is 27. The van der Waals surface area contributed by atoms with E-state index in [9.17, 15) is 63.4 Å². The van der Waals surface area contributed by atoms with Gasteiger partial charge in [-0.1, -0.05) is 72.2 Å². The van der Waals surface area contributed by atoms with Crippen molar-refractivity contribution in [2.24, 2.45) is 11.3 Å². The van der Waals surface area contributed by atoms with Gasteiger partial charge in [0.15, 0.2) is 0 Å². The Morgan fingerprint density at radius 1 is 0.656 bits per heavy atom. The molecule has 1 unspecified atom stereocenters. The topological polar surface area (TPSA) is 336 Å². The number of hydrogen-bond acceptors (Lipinski definition) is 12. The van der Waals surface area contributed by atoms with Crippen molar-refractivity contribution in [2.45, 2.75) is 143 Å². The second-order valence-electron chi connectivity index (χ2n) is 16.0. The Morgan fingerprint density at radius 2 is 1.20 bits per heavy atom. The summed E-state index contributed by atoms with van der Waals surface area (Å²) >= 11 is 0. The molecule has 11 N–H and O–H groups in total. The van der Waals surface area contributed by atoms with Gasteiger partial charge in [-0.15, -0.1) is 0 Å². The first-order valence-electron chi connectivity index (χ1n) is 19.9. The van der Waals surface area contributed by atoms with Crippen molar-refractivity contribution in [3.05, 3.63) is 35.4 Å². The average Bonchev–Trinajstić information content (AvgIpc) is 3.13. The highest BCUT2D eigenvalue weighted by Gasteiger charge is 2.38. The van der Waals surface area contributed by atoms with Crippen LogP contribution in [-0.4, -0.2) is 122 Å². The molecule has 0 heterocycles. The molecule has 22 heteroatoms. The van der Waals surface area contributed by atoms with Crippen LogP contribution in [0, 0.1) is 18.3 Å². The maximum Gasteiger partial charge on any atom is 0.635 e. The van der Waals surface area contributed by atoms with Gasteiger partial charge in [-0.2, -0.15) is 0 Å². The van der Waals surface area contributed by atoms with E-state index in [0.717, 1.165) is 0 Å². The maximum atomic E-state index is 14.3. The van der Waals surface area contributed by atoms with E-state index in [1.807, 2.05) is 13.8 Å². The molecule has 1 rings (SSSR count).